The van der Waals surface area contributed by atoms with Crippen LogP contribution in [0.3, 0.4) is 0 Å². The average molecular weight is 440 g/mol. The number of rotatable bonds is 4. The molecule has 33 heavy (non-hydrogen) atoms. The standard InChI is InChI=1S/C27H24N2O4/c1-16-5-7-19(8-6-16)24-23(25(30)20-9-10-22-21(13-20)12-17(2)33-22)26(31)27(32)29(24)15-18-4-3-11-28-14-18/h3-11,13-14,17,24,30H,12,15H2,1-2H3/b25-23+. The van der Waals surface area contributed by atoms with E-state index in [2.05, 4.69) is 4.98 Å². The minimum absolute atomic E-state index is 0.0648. The van der Waals surface area contributed by atoms with Crippen molar-refractivity contribution in [1.82, 2.24) is 9.88 Å². The van der Waals surface area contributed by atoms with Crippen LogP contribution in [-0.2, 0) is 22.6 Å². The third kappa shape index (κ3) is 3.78. The number of fused-ring (bicyclic) bond motifs is 1. The van der Waals surface area contributed by atoms with E-state index in [-0.39, 0.29) is 24.0 Å². The number of hydrogen-bond acceptors (Lipinski definition) is 5. The Morgan fingerprint density at radius 3 is 2.67 bits per heavy atom. The molecule has 1 N–H and O–H groups in total. The number of benzene rings is 2. The van der Waals surface area contributed by atoms with E-state index >= 15 is 0 Å². The number of nitrogens with zero attached hydrogens (tertiary/aromatic N) is 2. The third-order valence-corrected chi connectivity index (χ3v) is 6.18. The molecule has 1 aromatic heterocycles. The number of Topliss-reactive ketones (excluding diaryl/α,β-unsaturated/α-hetero) is 1. The molecular weight excluding hydrogens is 416 g/mol. The highest BCUT2D eigenvalue weighted by Crippen LogP contribution is 2.41. The van der Waals surface area contributed by atoms with Crippen LogP contribution in [0.2, 0.25) is 0 Å². The minimum atomic E-state index is -0.700. The lowest BCUT2D eigenvalue weighted by molar-refractivity contribution is -0.140. The van der Waals surface area contributed by atoms with Crippen molar-refractivity contribution < 1.29 is 19.4 Å². The van der Waals surface area contributed by atoms with Crippen molar-refractivity contribution in [2.45, 2.75) is 39.0 Å². The zero-order valence-electron chi connectivity index (χ0n) is 18.5. The Hall–Kier alpha value is -3.93. The first-order chi connectivity index (χ1) is 15.9. The fourth-order valence-corrected chi connectivity index (χ4v) is 4.55. The summed E-state index contributed by atoms with van der Waals surface area (Å²) < 4.78 is 5.76. The summed E-state index contributed by atoms with van der Waals surface area (Å²) in [6.45, 7) is 4.17. The largest absolute Gasteiger partial charge is 0.507 e. The number of aryl methyl sites for hydroxylation is 1. The topological polar surface area (TPSA) is 79.7 Å². The van der Waals surface area contributed by atoms with E-state index in [4.69, 9.17) is 4.74 Å². The number of carbonyl (C=O) groups excluding carboxylic acids is 2. The van der Waals surface area contributed by atoms with Gasteiger partial charge in [0, 0.05) is 30.9 Å². The van der Waals surface area contributed by atoms with Crippen LogP contribution in [0, 0.1) is 6.92 Å². The lowest BCUT2D eigenvalue weighted by atomic mass is 9.94. The summed E-state index contributed by atoms with van der Waals surface area (Å²) in [7, 11) is 0. The van der Waals surface area contributed by atoms with Gasteiger partial charge in [-0.1, -0.05) is 35.9 Å². The lowest BCUT2D eigenvalue weighted by Gasteiger charge is -2.25. The Morgan fingerprint density at radius 2 is 1.94 bits per heavy atom. The maximum Gasteiger partial charge on any atom is 0.295 e. The summed E-state index contributed by atoms with van der Waals surface area (Å²) in [5.41, 5.74) is 4.21. The Labute approximate surface area is 192 Å². The van der Waals surface area contributed by atoms with Gasteiger partial charge in [-0.15, -0.1) is 0 Å². The van der Waals surface area contributed by atoms with Crippen LogP contribution in [0.1, 0.15) is 40.8 Å². The quantitative estimate of drug-likeness (QED) is 0.371. The molecule has 2 aliphatic rings. The van der Waals surface area contributed by atoms with Gasteiger partial charge in [-0.3, -0.25) is 14.6 Å². The smallest absolute Gasteiger partial charge is 0.295 e. The summed E-state index contributed by atoms with van der Waals surface area (Å²) >= 11 is 0. The molecule has 2 aromatic carbocycles. The lowest BCUT2D eigenvalue weighted by Crippen LogP contribution is -2.29. The zero-order chi connectivity index (χ0) is 23.1. The second-order valence-electron chi connectivity index (χ2n) is 8.65. The zero-order valence-corrected chi connectivity index (χ0v) is 18.5. The summed E-state index contributed by atoms with van der Waals surface area (Å²) in [6, 6.07) is 16.0. The molecular formula is C27H24N2O4. The highest BCUT2D eigenvalue weighted by molar-refractivity contribution is 6.46. The van der Waals surface area contributed by atoms with E-state index < -0.39 is 17.7 Å². The molecule has 1 fully saturated rings. The van der Waals surface area contributed by atoms with Crippen molar-refractivity contribution in [3.05, 3.63) is 100 Å². The molecule has 0 aliphatic carbocycles. The fraction of sp³-hybridized carbons (Fsp3) is 0.222. The Bertz CT molecular complexity index is 1270. The number of ketones is 1. The van der Waals surface area contributed by atoms with Gasteiger partial charge >= 0.3 is 0 Å². The highest BCUT2D eigenvalue weighted by atomic mass is 16.5. The maximum absolute atomic E-state index is 13.2. The number of hydrogen-bond donors (Lipinski definition) is 1. The number of aromatic nitrogens is 1. The predicted octanol–water partition coefficient (Wildman–Crippen LogP) is 4.34. The Balaban J connectivity index is 1.62. The maximum atomic E-state index is 13.2. The second-order valence-corrected chi connectivity index (χ2v) is 8.65. The number of amides is 1. The monoisotopic (exact) mass is 440 g/mol. The van der Waals surface area contributed by atoms with E-state index in [1.165, 1.54) is 4.90 Å². The molecule has 2 atom stereocenters. The molecule has 0 radical (unpaired) electrons. The van der Waals surface area contributed by atoms with Gasteiger partial charge < -0.3 is 14.7 Å². The molecule has 3 aromatic rings. The summed E-state index contributed by atoms with van der Waals surface area (Å²) in [5, 5.41) is 11.3. The first kappa shape index (κ1) is 20.9. The molecule has 2 aliphatic heterocycles. The van der Waals surface area contributed by atoms with Crippen LogP contribution >= 0.6 is 0 Å². The second kappa shape index (κ2) is 8.20. The van der Waals surface area contributed by atoms with E-state index in [9.17, 15) is 14.7 Å². The summed E-state index contributed by atoms with van der Waals surface area (Å²) in [6.07, 6.45) is 4.13. The Morgan fingerprint density at radius 1 is 1.15 bits per heavy atom. The van der Waals surface area contributed by atoms with Crippen molar-refractivity contribution >= 4 is 17.4 Å². The van der Waals surface area contributed by atoms with Crippen LogP contribution < -0.4 is 4.74 Å². The molecule has 2 unspecified atom stereocenters. The molecule has 6 heteroatoms. The molecule has 1 amide bonds. The molecule has 1 saturated heterocycles. The number of pyridine rings is 1. The average Bonchev–Trinajstić information content (AvgIpc) is 3.31. The minimum Gasteiger partial charge on any atom is -0.507 e. The van der Waals surface area contributed by atoms with E-state index in [1.54, 1.807) is 30.6 Å². The number of carbonyl (C=O) groups is 2. The van der Waals surface area contributed by atoms with Crippen molar-refractivity contribution in [3.8, 4) is 5.75 Å². The van der Waals surface area contributed by atoms with Crippen molar-refractivity contribution in [2.24, 2.45) is 0 Å². The van der Waals surface area contributed by atoms with Gasteiger partial charge in [0.05, 0.1) is 11.6 Å². The number of ether oxygens (including phenoxy) is 1. The van der Waals surface area contributed by atoms with Crippen LogP contribution in [0.25, 0.3) is 5.76 Å². The van der Waals surface area contributed by atoms with Crippen molar-refractivity contribution in [1.29, 1.82) is 0 Å². The fourth-order valence-electron chi connectivity index (χ4n) is 4.55. The van der Waals surface area contributed by atoms with Gasteiger partial charge in [0.2, 0.25) is 0 Å². The SMILES string of the molecule is Cc1ccc(C2/C(=C(\O)c3ccc4c(c3)CC(C)O4)C(=O)C(=O)N2Cc2cccnc2)cc1. The van der Waals surface area contributed by atoms with Crippen molar-refractivity contribution in [2.75, 3.05) is 0 Å². The highest BCUT2D eigenvalue weighted by Gasteiger charge is 2.46. The normalized spacial score (nSPS) is 21.2. The van der Waals surface area contributed by atoms with E-state index in [0.717, 1.165) is 34.4 Å². The van der Waals surface area contributed by atoms with Gasteiger partial charge in [-0.05, 0) is 54.8 Å². The van der Waals surface area contributed by atoms with Crippen LogP contribution in [0.15, 0.2) is 72.6 Å². The van der Waals surface area contributed by atoms with E-state index in [1.807, 2.05) is 50.2 Å². The van der Waals surface area contributed by atoms with Crippen LogP contribution in [0.5, 0.6) is 5.75 Å². The number of likely N-dealkylation sites (tertiary alicyclic amines) is 1. The van der Waals surface area contributed by atoms with Gasteiger partial charge in [-0.2, -0.15) is 0 Å². The third-order valence-electron chi connectivity index (χ3n) is 6.18. The van der Waals surface area contributed by atoms with E-state index in [0.29, 0.717) is 5.56 Å². The first-order valence-corrected chi connectivity index (χ1v) is 11.0. The number of aliphatic hydroxyl groups is 1. The Kier molecular flexibility index (Phi) is 5.21. The molecule has 0 bridgehead atoms. The van der Waals surface area contributed by atoms with Crippen LogP contribution in [-0.4, -0.2) is 32.8 Å². The molecule has 0 saturated carbocycles. The molecule has 3 heterocycles. The molecule has 6 nitrogen and oxygen atoms in total. The molecule has 166 valence electrons. The predicted molar refractivity (Wildman–Crippen MR) is 123 cm³/mol. The number of aliphatic hydroxyl groups excluding tert-OH is 1. The molecule has 0 spiro atoms. The van der Waals surface area contributed by atoms with Crippen LogP contribution in [0.4, 0.5) is 0 Å². The molecule has 5 rings (SSSR count). The van der Waals surface area contributed by atoms with Crippen molar-refractivity contribution in [3.63, 3.8) is 0 Å². The summed E-state index contributed by atoms with van der Waals surface area (Å²) in [4.78, 5) is 32.0. The van der Waals surface area contributed by atoms with Gasteiger partial charge in [-0.25, -0.2) is 0 Å². The van der Waals surface area contributed by atoms with Gasteiger partial charge in [0.25, 0.3) is 11.7 Å². The summed E-state index contributed by atoms with van der Waals surface area (Å²) in [5.74, 6) is -0.711. The van der Waals surface area contributed by atoms with Gasteiger partial charge in [0.1, 0.15) is 17.6 Å². The van der Waals surface area contributed by atoms with Gasteiger partial charge in [0.15, 0.2) is 0 Å². The first-order valence-electron chi connectivity index (χ1n) is 11.0.